The van der Waals surface area contributed by atoms with Gasteiger partial charge in [-0.25, -0.2) is 0 Å². The second kappa shape index (κ2) is 6.31. The van der Waals surface area contributed by atoms with Crippen molar-refractivity contribution in [1.82, 2.24) is 10.3 Å². The molecule has 0 bridgehead atoms. The Balaban J connectivity index is 1.67. The summed E-state index contributed by atoms with van der Waals surface area (Å²) in [7, 11) is 1.68. The quantitative estimate of drug-likeness (QED) is 0.829. The number of carbonyl (C=O) groups excluding carboxylic acids is 1. The molecule has 1 aliphatic rings. The molecule has 1 heterocycles. The van der Waals surface area contributed by atoms with Gasteiger partial charge < -0.3 is 15.0 Å². The molecule has 0 aliphatic heterocycles. The van der Waals surface area contributed by atoms with Crippen LogP contribution >= 0.6 is 0 Å². The molecular formula is C17H22N2O2. The van der Waals surface area contributed by atoms with Crippen LogP contribution in [0.25, 0.3) is 10.9 Å². The van der Waals surface area contributed by atoms with Crippen molar-refractivity contribution in [1.29, 1.82) is 0 Å². The predicted molar refractivity (Wildman–Crippen MR) is 83.3 cm³/mol. The van der Waals surface area contributed by atoms with Gasteiger partial charge >= 0.3 is 0 Å². The topological polar surface area (TPSA) is 54.1 Å². The van der Waals surface area contributed by atoms with Gasteiger partial charge in [-0.15, -0.1) is 0 Å². The first-order chi connectivity index (χ1) is 10.3. The maximum Gasteiger partial charge on any atom is 0.223 e. The van der Waals surface area contributed by atoms with Gasteiger partial charge in [0.1, 0.15) is 0 Å². The number of fused-ring (bicyclic) bond motifs is 3. The molecule has 1 aromatic heterocycles. The van der Waals surface area contributed by atoms with E-state index >= 15 is 0 Å². The van der Waals surface area contributed by atoms with Gasteiger partial charge in [-0.1, -0.05) is 18.2 Å². The molecule has 3 rings (SSSR count). The molecular weight excluding hydrogens is 264 g/mol. The molecule has 4 heteroatoms. The van der Waals surface area contributed by atoms with Crippen LogP contribution in [-0.4, -0.2) is 31.2 Å². The first-order valence-corrected chi connectivity index (χ1v) is 7.64. The van der Waals surface area contributed by atoms with E-state index in [9.17, 15) is 4.79 Å². The van der Waals surface area contributed by atoms with E-state index in [1.54, 1.807) is 7.11 Å². The fourth-order valence-corrected chi connectivity index (χ4v) is 3.17. The lowest BCUT2D eigenvalue weighted by Crippen LogP contribution is -2.34. The van der Waals surface area contributed by atoms with E-state index in [4.69, 9.17) is 4.74 Å². The number of hydrogen-bond acceptors (Lipinski definition) is 2. The first-order valence-electron chi connectivity index (χ1n) is 7.64. The van der Waals surface area contributed by atoms with Gasteiger partial charge in [0.05, 0.1) is 0 Å². The van der Waals surface area contributed by atoms with Gasteiger partial charge in [-0.2, -0.15) is 0 Å². The number of aryl methyl sites for hydroxylation is 1. The lowest BCUT2D eigenvalue weighted by molar-refractivity contribution is -0.125. The third-order valence-corrected chi connectivity index (χ3v) is 4.29. The molecule has 0 fully saturated rings. The minimum atomic E-state index is 0.0965. The molecule has 0 saturated heterocycles. The van der Waals surface area contributed by atoms with E-state index in [2.05, 4.69) is 28.5 Å². The number of hydrogen-bond donors (Lipinski definition) is 2. The zero-order valence-corrected chi connectivity index (χ0v) is 12.4. The lowest BCUT2D eigenvalue weighted by atomic mass is 9.86. The Bertz CT molecular complexity index is 633. The maximum absolute atomic E-state index is 12.3. The molecule has 2 N–H and O–H groups in total. The minimum Gasteiger partial charge on any atom is -0.385 e. The Hall–Kier alpha value is -1.81. The zero-order chi connectivity index (χ0) is 14.7. The molecule has 21 heavy (non-hydrogen) atoms. The third-order valence-electron chi connectivity index (χ3n) is 4.29. The number of rotatable bonds is 5. The van der Waals surface area contributed by atoms with Crippen LogP contribution in [0.15, 0.2) is 24.3 Å². The predicted octanol–water partition coefficient (Wildman–Crippen LogP) is 2.43. The average Bonchev–Trinajstić information content (AvgIpc) is 2.89. The van der Waals surface area contributed by atoms with Crippen molar-refractivity contribution < 1.29 is 9.53 Å². The minimum absolute atomic E-state index is 0.0965. The number of aromatic amines is 1. The number of carbonyl (C=O) groups is 1. The van der Waals surface area contributed by atoms with E-state index in [1.807, 2.05) is 6.07 Å². The molecule has 2 aromatic rings. The van der Waals surface area contributed by atoms with Crippen LogP contribution in [0.2, 0.25) is 0 Å². The van der Waals surface area contributed by atoms with Crippen molar-refractivity contribution in [2.75, 3.05) is 20.3 Å². The van der Waals surface area contributed by atoms with E-state index in [-0.39, 0.29) is 11.8 Å². The summed E-state index contributed by atoms with van der Waals surface area (Å²) in [5.74, 6) is 0.279. The fourth-order valence-electron chi connectivity index (χ4n) is 3.17. The summed E-state index contributed by atoms with van der Waals surface area (Å²) in [5, 5.41) is 4.30. The molecule has 112 valence electrons. The number of H-pyrrole nitrogens is 1. The van der Waals surface area contributed by atoms with Crippen molar-refractivity contribution in [2.45, 2.75) is 25.7 Å². The van der Waals surface area contributed by atoms with Crippen LogP contribution in [0, 0.1) is 5.92 Å². The number of para-hydroxylation sites is 1. The van der Waals surface area contributed by atoms with E-state index < -0.39 is 0 Å². The molecule has 1 unspecified atom stereocenters. The molecule has 4 nitrogen and oxygen atoms in total. The monoisotopic (exact) mass is 286 g/mol. The molecule has 1 atom stereocenters. The lowest BCUT2D eigenvalue weighted by Gasteiger charge is -2.21. The molecule has 1 aromatic carbocycles. The number of aromatic nitrogens is 1. The van der Waals surface area contributed by atoms with Gasteiger partial charge in [0.25, 0.3) is 0 Å². The highest BCUT2D eigenvalue weighted by Crippen LogP contribution is 2.31. The van der Waals surface area contributed by atoms with Gasteiger partial charge in [-0.3, -0.25) is 4.79 Å². The molecule has 1 amide bonds. The van der Waals surface area contributed by atoms with Crippen LogP contribution in [0.4, 0.5) is 0 Å². The van der Waals surface area contributed by atoms with Crippen molar-refractivity contribution in [3.8, 4) is 0 Å². The SMILES string of the molecule is COCCCNC(=O)C1CCc2[nH]c3ccccc3c2C1. The number of nitrogens with one attached hydrogen (secondary N) is 2. The van der Waals surface area contributed by atoms with E-state index in [0.717, 1.165) is 25.7 Å². The molecule has 0 saturated carbocycles. The Labute approximate surface area is 124 Å². The number of ether oxygens (including phenoxy) is 1. The zero-order valence-electron chi connectivity index (χ0n) is 12.4. The standard InChI is InChI=1S/C17H22N2O2/c1-21-10-4-9-18-17(20)12-7-8-16-14(11-12)13-5-2-3-6-15(13)19-16/h2-3,5-6,12,19H,4,7-11H2,1H3,(H,18,20). The molecule has 0 radical (unpaired) electrons. The van der Waals surface area contributed by atoms with Crippen LogP contribution in [0.5, 0.6) is 0 Å². The van der Waals surface area contributed by atoms with Gasteiger partial charge in [0, 0.05) is 42.8 Å². The average molecular weight is 286 g/mol. The van der Waals surface area contributed by atoms with Crippen molar-refractivity contribution in [3.63, 3.8) is 0 Å². The van der Waals surface area contributed by atoms with E-state index in [1.165, 1.54) is 22.2 Å². The second-order valence-electron chi connectivity index (χ2n) is 5.70. The summed E-state index contributed by atoms with van der Waals surface area (Å²) in [4.78, 5) is 15.8. The van der Waals surface area contributed by atoms with E-state index in [0.29, 0.717) is 13.2 Å². The second-order valence-corrected chi connectivity index (χ2v) is 5.70. The third kappa shape index (κ3) is 2.95. The summed E-state index contributed by atoms with van der Waals surface area (Å²) in [6.07, 6.45) is 3.60. The largest absolute Gasteiger partial charge is 0.385 e. The smallest absolute Gasteiger partial charge is 0.223 e. The number of benzene rings is 1. The van der Waals surface area contributed by atoms with Crippen molar-refractivity contribution in [2.24, 2.45) is 5.92 Å². The maximum atomic E-state index is 12.3. The molecule has 0 spiro atoms. The number of methoxy groups -OCH3 is 1. The van der Waals surface area contributed by atoms with Gasteiger partial charge in [-0.05, 0) is 37.3 Å². The molecule has 1 aliphatic carbocycles. The van der Waals surface area contributed by atoms with Crippen LogP contribution in [0.3, 0.4) is 0 Å². The Morgan fingerprint density at radius 1 is 1.43 bits per heavy atom. The first kappa shape index (κ1) is 14.1. The fraction of sp³-hybridized carbons (Fsp3) is 0.471. The highest BCUT2D eigenvalue weighted by atomic mass is 16.5. The summed E-state index contributed by atoms with van der Waals surface area (Å²) in [6.45, 7) is 1.39. The summed E-state index contributed by atoms with van der Waals surface area (Å²) < 4.78 is 5.00. The highest BCUT2D eigenvalue weighted by Gasteiger charge is 2.26. The number of amides is 1. The van der Waals surface area contributed by atoms with Crippen LogP contribution in [0.1, 0.15) is 24.1 Å². The van der Waals surface area contributed by atoms with Gasteiger partial charge in [0.2, 0.25) is 5.91 Å². The Morgan fingerprint density at radius 2 is 2.29 bits per heavy atom. The van der Waals surface area contributed by atoms with Crippen LogP contribution < -0.4 is 5.32 Å². The Kier molecular flexibility index (Phi) is 4.25. The van der Waals surface area contributed by atoms with Crippen molar-refractivity contribution >= 4 is 16.8 Å². The normalized spacial score (nSPS) is 17.7. The van der Waals surface area contributed by atoms with Gasteiger partial charge in [0.15, 0.2) is 0 Å². The van der Waals surface area contributed by atoms with Crippen LogP contribution in [-0.2, 0) is 22.4 Å². The Morgan fingerprint density at radius 3 is 3.14 bits per heavy atom. The highest BCUT2D eigenvalue weighted by molar-refractivity contribution is 5.86. The van der Waals surface area contributed by atoms with Crippen molar-refractivity contribution in [3.05, 3.63) is 35.5 Å². The summed E-state index contributed by atoms with van der Waals surface area (Å²) in [5.41, 5.74) is 3.82. The summed E-state index contributed by atoms with van der Waals surface area (Å²) in [6, 6.07) is 8.35. The summed E-state index contributed by atoms with van der Waals surface area (Å²) >= 11 is 0.